The summed E-state index contributed by atoms with van der Waals surface area (Å²) in [6.07, 6.45) is 0.872. The van der Waals surface area contributed by atoms with Crippen LogP contribution in [0.4, 0.5) is 0 Å². The molecule has 0 aliphatic carbocycles. The highest BCUT2D eigenvalue weighted by Gasteiger charge is 2.10. The van der Waals surface area contributed by atoms with Gasteiger partial charge in [-0.1, -0.05) is 6.07 Å². The van der Waals surface area contributed by atoms with E-state index >= 15 is 0 Å². The number of nitrogens with zero attached hydrogens (tertiary/aromatic N) is 2. The molecule has 0 saturated heterocycles. The van der Waals surface area contributed by atoms with Gasteiger partial charge in [-0.3, -0.25) is 9.48 Å². The van der Waals surface area contributed by atoms with Gasteiger partial charge in [-0.05, 0) is 37.8 Å². The lowest BCUT2D eigenvalue weighted by atomic mass is 10.3. The van der Waals surface area contributed by atoms with Gasteiger partial charge in [-0.15, -0.1) is 11.3 Å². The molecular formula is C13H17N3OS. The van der Waals surface area contributed by atoms with E-state index in [-0.39, 0.29) is 5.91 Å². The summed E-state index contributed by atoms with van der Waals surface area (Å²) in [5.74, 6) is -0.0955. The summed E-state index contributed by atoms with van der Waals surface area (Å²) < 4.78 is 1.83. The summed E-state index contributed by atoms with van der Waals surface area (Å²) in [5, 5.41) is 9.19. The molecule has 0 fully saturated rings. The van der Waals surface area contributed by atoms with Crippen molar-refractivity contribution >= 4 is 17.2 Å². The monoisotopic (exact) mass is 263 g/mol. The Hall–Kier alpha value is -1.62. The summed E-state index contributed by atoms with van der Waals surface area (Å²) in [4.78, 5) is 13.2. The van der Waals surface area contributed by atoms with Crippen molar-refractivity contribution in [2.24, 2.45) is 0 Å². The molecule has 0 radical (unpaired) electrons. The molecule has 1 amide bonds. The highest BCUT2D eigenvalue weighted by atomic mass is 32.1. The van der Waals surface area contributed by atoms with Gasteiger partial charge in [0.05, 0.1) is 0 Å². The molecule has 0 spiro atoms. The van der Waals surface area contributed by atoms with Gasteiger partial charge < -0.3 is 5.32 Å². The standard InChI is InChI=1S/C13H17N3OS/c1-3-16-10(2)9-12(15-16)13(17)14-7-6-11-5-4-8-18-11/h4-5,8-9H,3,6-7H2,1-2H3,(H,14,17). The fourth-order valence-corrected chi connectivity index (χ4v) is 2.49. The van der Waals surface area contributed by atoms with Crippen LogP contribution in [0.3, 0.4) is 0 Å². The van der Waals surface area contributed by atoms with Crippen molar-refractivity contribution < 1.29 is 4.79 Å². The number of carbonyl (C=O) groups is 1. The smallest absolute Gasteiger partial charge is 0.271 e. The van der Waals surface area contributed by atoms with Crippen LogP contribution in [0.25, 0.3) is 0 Å². The molecule has 0 aliphatic rings. The molecule has 2 aromatic rings. The Labute approximate surface area is 111 Å². The number of amides is 1. The van der Waals surface area contributed by atoms with Gasteiger partial charge in [0.15, 0.2) is 0 Å². The Balaban J connectivity index is 1.87. The third-order valence-corrected chi connectivity index (χ3v) is 3.69. The number of carbonyl (C=O) groups excluding carboxylic acids is 1. The molecule has 96 valence electrons. The highest BCUT2D eigenvalue weighted by Crippen LogP contribution is 2.08. The fraction of sp³-hybridized carbons (Fsp3) is 0.385. The van der Waals surface area contributed by atoms with E-state index in [1.807, 2.05) is 36.0 Å². The molecule has 1 N–H and O–H groups in total. The van der Waals surface area contributed by atoms with Crippen LogP contribution >= 0.6 is 11.3 Å². The Bertz CT molecular complexity index is 516. The number of thiophene rings is 1. The maximum Gasteiger partial charge on any atom is 0.271 e. The lowest BCUT2D eigenvalue weighted by molar-refractivity contribution is 0.0948. The van der Waals surface area contributed by atoms with Crippen LogP contribution < -0.4 is 5.32 Å². The normalized spacial score (nSPS) is 10.6. The van der Waals surface area contributed by atoms with E-state index < -0.39 is 0 Å². The van der Waals surface area contributed by atoms with Crippen LogP contribution in [0, 0.1) is 6.92 Å². The summed E-state index contributed by atoms with van der Waals surface area (Å²) in [6, 6.07) is 5.92. The second kappa shape index (κ2) is 5.82. The van der Waals surface area contributed by atoms with Crippen molar-refractivity contribution in [3.8, 4) is 0 Å². The van der Waals surface area contributed by atoms with Gasteiger partial charge in [-0.25, -0.2) is 0 Å². The second-order valence-corrected chi connectivity index (χ2v) is 5.10. The largest absolute Gasteiger partial charge is 0.350 e. The number of nitrogens with one attached hydrogen (secondary N) is 1. The topological polar surface area (TPSA) is 46.9 Å². The maximum atomic E-state index is 11.9. The average Bonchev–Trinajstić information content (AvgIpc) is 2.98. The minimum absolute atomic E-state index is 0.0955. The Morgan fingerprint density at radius 1 is 1.56 bits per heavy atom. The van der Waals surface area contributed by atoms with Crippen LogP contribution in [-0.2, 0) is 13.0 Å². The molecule has 5 heteroatoms. The second-order valence-electron chi connectivity index (χ2n) is 4.07. The molecule has 18 heavy (non-hydrogen) atoms. The van der Waals surface area contributed by atoms with Crippen molar-refractivity contribution in [2.45, 2.75) is 26.8 Å². The Kier molecular flexibility index (Phi) is 4.15. The molecular weight excluding hydrogens is 246 g/mol. The molecule has 2 aromatic heterocycles. The van der Waals surface area contributed by atoms with Gasteiger partial charge in [0.2, 0.25) is 0 Å². The fourth-order valence-electron chi connectivity index (χ4n) is 1.79. The molecule has 0 unspecified atom stereocenters. The molecule has 0 saturated carbocycles. The first-order chi connectivity index (χ1) is 8.70. The van der Waals surface area contributed by atoms with Crippen molar-refractivity contribution in [3.05, 3.63) is 39.8 Å². The van der Waals surface area contributed by atoms with E-state index in [0.717, 1.165) is 18.7 Å². The average molecular weight is 263 g/mol. The van der Waals surface area contributed by atoms with Gasteiger partial charge in [-0.2, -0.15) is 5.10 Å². The lowest BCUT2D eigenvalue weighted by Crippen LogP contribution is -2.26. The number of aryl methyl sites for hydroxylation is 2. The van der Waals surface area contributed by atoms with Gasteiger partial charge in [0, 0.05) is 23.7 Å². The number of aromatic nitrogens is 2. The highest BCUT2D eigenvalue weighted by molar-refractivity contribution is 7.09. The third kappa shape index (κ3) is 2.98. The molecule has 0 aromatic carbocycles. The van der Waals surface area contributed by atoms with Crippen molar-refractivity contribution in [1.82, 2.24) is 15.1 Å². The molecule has 4 nitrogen and oxygen atoms in total. The molecule has 0 bridgehead atoms. The molecule has 0 aliphatic heterocycles. The van der Waals surface area contributed by atoms with E-state index in [1.54, 1.807) is 11.3 Å². The zero-order chi connectivity index (χ0) is 13.0. The maximum absolute atomic E-state index is 11.9. The van der Waals surface area contributed by atoms with Crippen LogP contribution in [0.2, 0.25) is 0 Å². The van der Waals surface area contributed by atoms with Crippen LogP contribution in [0.15, 0.2) is 23.6 Å². The predicted molar refractivity (Wildman–Crippen MR) is 73.0 cm³/mol. The zero-order valence-electron chi connectivity index (χ0n) is 10.6. The lowest BCUT2D eigenvalue weighted by Gasteiger charge is -2.01. The van der Waals surface area contributed by atoms with Gasteiger partial charge in [0.1, 0.15) is 5.69 Å². The zero-order valence-corrected chi connectivity index (χ0v) is 11.5. The Morgan fingerprint density at radius 2 is 2.39 bits per heavy atom. The van der Waals surface area contributed by atoms with E-state index in [1.165, 1.54) is 4.88 Å². The number of hydrogen-bond donors (Lipinski definition) is 1. The van der Waals surface area contributed by atoms with Crippen molar-refractivity contribution in [3.63, 3.8) is 0 Å². The van der Waals surface area contributed by atoms with Crippen LogP contribution in [0.1, 0.15) is 28.0 Å². The Morgan fingerprint density at radius 3 is 3.00 bits per heavy atom. The van der Waals surface area contributed by atoms with E-state index in [4.69, 9.17) is 0 Å². The van der Waals surface area contributed by atoms with Crippen molar-refractivity contribution in [2.75, 3.05) is 6.54 Å². The third-order valence-electron chi connectivity index (χ3n) is 2.75. The molecule has 2 heterocycles. The summed E-state index contributed by atoms with van der Waals surface area (Å²) in [7, 11) is 0. The summed E-state index contributed by atoms with van der Waals surface area (Å²) in [6.45, 7) is 5.41. The molecule has 0 atom stereocenters. The van der Waals surface area contributed by atoms with Gasteiger partial charge in [0.25, 0.3) is 5.91 Å². The number of hydrogen-bond acceptors (Lipinski definition) is 3. The van der Waals surface area contributed by atoms with Crippen LogP contribution in [-0.4, -0.2) is 22.2 Å². The molecule has 2 rings (SSSR count). The van der Waals surface area contributed by atoms with Crippen LogP contribution in [0.5, 0.6) is 0 Å². The predicted octanol–water partition coefficient (Wildman–Crippen LogP) is 2.25. The number of rotatable bonds is 5. The minimum atomic E-state index is -0.0955. The first-order valence-corrected chi connectivity index (χ1v) is 6.93. The minimum Gasteiger partial charge on any atom is -0.350 e. The van der Waals surface area contributed by atoms with Gasteiger partial charge >= 0.3 is 0 Å². The van der Waals surface area contributed by atoms with E-state index in [9.17, 15) is 4.79 Å². The first kappa shape index (κ1) is 12.8. The first-order valence-electron chi connectivity index (χ1n) is 6.05. The quantitative estimate of drug-likeness (QED) is 0.899. The SMILES string of the molecule is CCn1nc(C(=O)NCCc2cccs2)cc1C. The van der Waals surface area contributed by atoms with E-state index in [0.29, 0.717) is 12.2 Å². The van der Waals surface area contributed by atoms with E-state index in [2.05, 4.69) is 16.5 Å². The summed E-state index contributed by atoms with van der Waals surface area (Å²) >= 11 is 1.71. The summed E-state index contributed by atoms with van der Waals surface area (Å²) in [5.41, 5.74) is 1.52. The van der Waals surface area contributed by atoms with Crippen molar-refractivity contribution in [1.29, 1.82) is 0 Å².